The minimum atomic E-state index is -1.98. The Kier molecular flexibility index (Phi) is 5.02. The standard InChI is InChI=1S/C24H32N2O5SSi/c1-22(2,3)33(5,6)30-10-9-24-12-17(27)23(4,31-24)18-19(24)21(29)26(20(18)28)14-7-8-15-16(11-14)32-13-25-15/h7-8,11,13,17-19,27H,9-10,12H2,1-6H3. The van der Waals surface area contributed by atoms with Crippen molar-refractivity contribution < 1.29 is 23.9 Å². The first kappa shape index (κ1) is 23.1. The highest BCUT2D eigenvalue weighted by Gasteiger charge is 2.76. The van der Waals surface area contributed by atoms with Crippen molar-refractivity contribution in [2.24, 2.45) is 11.8 Å². The summed E-state index contributed by atoms with van der Waals surface area (Å²) in [6.07, 6.45) is 0.0210. The highest BCUT2D eigenvalue weighted by molar-refractivity contribution is 7.16. The van der Waals surface area contributed by atoms with E-state index < -0.39 is 37.5 Å². The van der Waals surface area contributed by atoms with Crippen LogP contribution in [0.1, 0.15) is 40.5 Å². The highest BCUT2D eigenvalue weighted by atomic mass is 32.1. The van der Waals surface area contributed by atoms with Gasteiger partial charge in [0.25, 0.3) is 0 Å². The molecule has 9 heteroatoms. The van der Waals surface area contributed by atoms with Crippen LogP contribution >= 0.6 is 11.3 Å². The van der Waals surface area contributed by atoms with Gasteiger partial charge in [0.2, 0.25) is 11.8 Å². The molecule has 0 radical (unpaired) electrons. The first-order valence-electron chi connectivity index (χ1n) is 11.5. The van der Waals surface area contributed by atoms with E-state index in [-0.39, 0.29) is 16.9 Å². The molecule has 7 nitrogen and oxygen atoms in total. The smallest absolute Gasteiger partial charge is 0.240 e. The minimum Gasteiger partial charge on any atom is -0.417 e. The molecule has 1 aromatic heterocycles. The van der Waals surface area contributed by atoms with Gasteiger partial charge in [-0.2, -0.15) is 0 Å². The van der Waals surface area contributed by atoms with Gasteiger partial charge in [-0.1, -0.05) is 20.8 Å². The average Bonchev–Trinajstić information content (AvgIpc) is 3.40. The van der Waals surface area contributed by atoms with Crippen LogP contribution in [-0.2, 0) is 18.8 Å². The fraction of sp³-hybridized carbons (Fsp3) is 0.625. The van der Waals surface area contributed by atoms with E-state index >= 15 is 0 Å². The van der Waals surface area contributed by atoms with Gasteiger partial charge in [-0.05, 0) is 49.7 Å². The maximum atomic E-state index is 13.7. The number of nitrogens with zero attached hydrogens (tertiary/aromatic N) is 2. The fourth-order valence-electron chi connectivity index (χ4n) is 5.56. The molecule has 2 amide bonds. The average molecular weight is 489 g/mol. The minimum absolute atomic E-state index is 0.0681. The van der Waals surface area contributed by atoms with Crippen LogP contribution in [0.5, 0.6) is 0 Å². The molecule has 3 fully saturated rings. The van der Waals surface area contributed by atoms with Gasteiger partial charge in [-0.15, -0.1) is 11.3 Å². The van der Waals surface area contributed by atoms with Gasteiger partial charge in [0.15, 0.2) is 8.32 Å². The molecular formula is C24H32N2O5SSi. The van der Waals surface area contributed by atoms with E-state index in [0.29, 0.717) is 25.1 Å². The van der Waals surface area contributed by atoms with Gasteiger partial charge in [0.05, 0.1) is 45.0 Å². The number of carbonyl (C=O) groups is 2. The van der Waals surface area contributed by atoms with Crippen LogP contribution in [0.25, 0.3) is 10.2 Å². The molecule has 3 saturated heterocycles. The van der Waals surface area contributed by atoms with E-state index in [1.807, 2.05) is 12.1 Å². The number of benzene rings is 1. The van der Waals surface area contributed by atoms with Crippen LogP contribution in [0.2, 0.25) is 18.1 Å². The molecule has 0 spiro atoms. The Morgan fingerprint density at radius 3 is 2.67 bits per heavy atom. The van der Waals surface area contributed by atoms with Gasteiger partial charge in [0, 0.05) is 13.0 Å². The van der Waals surface area contributed by atoms with E-state index in [0.717, 1.165) is 10.2 Å². The van der Waals surface area contributed by atoms with E-state index in [2.05, 4.69) is 38.8 Å². The molecule has 4 heterocycles. The lowest BCUT2D eigenvalue weighted by Gasteiger charge is -2.38. The Labute approximate surface area is 199 Å². The number of fused-ring (bicyclic) bond motifs is 6. The SMILES string of the molecule is CC12OC(CCO[Si](C)(C)C(C)(C)C)(CC1O)C1C(=O)N(c3ccc4ncsc4c3)C(=O)C12. The lowest BCUT2D eigenvalue weighted by Crippen LogP contribution is -2.50. The second-order valence-electron chi connectivity index (χ2n) is 11.4. The molecule has 2 bridgehead atoms. The van der Waals surface area contributed by atoms with Gasteiger partial charge < -0.3 is 14.3 Å². The number of aromatic nitrogens is 1. The van der Waals surface area contributed by atoms with Crippen molar-refractivity contribution in [3.05, 3.63) is 23.7 Å². The molecule has 1 aromatic carbocycles. The second kappa shape index (κ2) is 7.18. The van der Waals surface area contributed by atoms with Gasteiger partial charge in [-0.25, -0.2) is 9.88 Å². The summed E-state index contributed by atoms with van der Waals surface area (Å²) in [5, 5.41) is 11.0. The summed E-state index contributed by atoms with van der Waals surface area (Å²) in [7, 11) is -1.98. The third kappa shape index (κ3) is 3.20. The number of hydrogen-bond donors (Lipinski definition) is 1. The topological polar surface area (TPSA) is 89.0 Å². The molecule has 3 aliphatic heterocycles. The molecule has 5 unspecified atom stereocenters. The molecule has 2 aromatic rings. The lowest BCUT2D eigenvalue weighted by molar-refractivity contribution is -0.134. The van der Waals surface area contributed by atoms with Crippen molar-refractivity contribution in [3.8, 4) is 0 Å². The number of rotatable bonds is 5. The summed E-state index contributed by atoms with van der Waals surface area (Å²) < 4.78 is 13.7. The van der Waals surface area contributed by atoms with E-state index in [1.165, 1.54) is 16.2 Å². The molecule has 5 rings (SSSR count). The summed E-state index contributed by atoms with van der Waals surface area (Å²) >= 11 is 1.47. The van der Waals surface area contributed by atoms with Gasteiger partial charge in [0.1, 0.15) is 5.60 Å². The third-order valence-corrected chi connectivity index (χ3v) is 13.8. The van der Waals surface area contributed by atoms with Crippen LogP contribution in [0.15, 0.2) is 23.7 Å². The van der Waals surface area contributed by atoms with Crippen LogP contribution in [-0.4, -0.2) is 54.1 Å². The zero-order chi connectivity index (χ0) is 24.0. The van der Waals surface area contributed by atoms with E-state index in [4.69, 9.17) is 9.16 Å². The molecule has 0 aliphatic carbocycles. The van der Waals surface area contributed by atoms with Crippen molar-refractivity contribution in [2.75, 3.05) is 11.5 Å². The maximum Gasteiger partial charge on any atom is 0.240 e. The summed E-state index contributed by atoms with van der Waals surface area (Å²) in [6, 6.07) is 5.45. The third-order valence-electron chi connectivity index (χ3n) is 8.48. The number of hydrogen-bond acceptors (Lipinski definition) is 7. The second-order valence-corrected chi connectivity index (χ2v) is 17.1. The molecule has 1 N–H and O–H groups in total. The molecule has 178 valence electrons. The maximum absolute atomic E-state index is 13.7. The highest BCUT2D eigenvalue weighted by Crippen LogP contribution is 2.62. The Bertz CT molecular complexity index is 1140. The predicted molar refractivity (Wildman–Crippen MR) is 130 cm³/mol. The number of carbonyl (C=O) groups excluding carboxylic acids is 2. The van der Waals surface area contributed by atoms with Gasteiger partial charge >= 0.3 is 0 Å². The number of imide groups is 1. The Morgan fingerprint density at radius 1 is 1.27 bits per heavy atom. The van der Waals surface area contributed by atoms with E-state index in [1.54, 1.807) is 18.5 Å². The van der Waals surface area contributed by atoms with Crippen molar-refractivity contribution >= 4 is 47.4 Å². The molecule has 0 saturated carbocycles. The monoisotopic (exact) mass is 488 g/mol. The quantitative estimate of drug-likeness (QED) is 0.503. The van der Waals surface area contributed by atoms with Crippen molar-refractivity contribution in [3.63, 3.8) is 0 Å². The number of anilines is 1. The Morgan fingerprint density at radius 2 is 1.97 bits per heavy atom. The summed E-state index contributed by atoms with van der Waals surface area (Å²) in [5.41, 5.74) is 1.18. The van der Waals surface area contributed by atoms with Crippen LogP contribution < -0.4 is 4.90 Å². The molecular weight excluding hydrogens is 456 g/mol. The van der Waals surface area contributed by atoms with Crippen molar-refractivity contribution in [2.45, 2.75) is 76.0 Å². The largest absolute Gasteiger partial charge is 0.417 e. The zero-order valence-electron chi connectivity index (χ0n) is 20.0. The van der Waals surface area contributed by atoms with E-state index in [9.17, 15) is 14.7 Å². The van der Waals surface area contributed by atoms with Gasteiger partial charge in [-0.3, -0.25) is 9.59 Å². The fourth-order valence-corrected chi connectivity index (χ4v) is 7.31. The molecule has 3 aliphatic rings. The number of ether oxygens (including phenoxy) is 1. The zero-order valence-corrected chi connectivity index (χ0v) is 21.9. The Balaban J connectivity index is 1.45. The number of aliphatic hydroxyl groups is 1. The molecule has 5 atom stereocenters. The lowest BCUT2D eigenvalue weighted by atomic mass is 9.66. The normalized spacial score (nSPS) is 34.0. The predicted octanol–water partition coefficient (Wildman–Crippen LogP) is 4.11. The first-order chi connectivity index (χ1) is 15.3. The number of aliphatic hydroxyl groups excluding tert-OH is 1. The molecule has 33 heavy (non-hydrogen) atoms. The summed E-state index contributed by atoms with van der Waals surface area (Å²) in [6.45, 7) is 13.2. The number of amides is 2. The van der Waals surface area contributed by atoms with Crippen LogP contribution in [0.4, 0.5) is 5.69 Å². The van der Waals surface area contributed by atoms with Crippen LogP contribution in [0.3, 0.4) is 0 Å². The summed E-state index contributed by atoms with van der Waals surface area (Å²) in [5.74, 6) is -1.84. The van der Waals surface area contributed by atoms with Crippen LogP contribution in [0, 0.1) is 11.8 Å². The first-order valence-corrected chi connectivity index (χ1v) is 15.3. The van der Waals surface area contributed by atoms with Crippen molar-refractivity contribution in [1.29, 1.82) is 0 Å². The number of thiazole rings is 1. The Hall–Kier alpha value is -1.65. The van der Waals surface area contributed by atoms with Crippen molar-refractivity contribution in [1.82, 2.24) is 4.98 Å². The summed E-state index contributed by atoms with van der Waals surface area (Å²) in [4.78, 5) is 32.9.